The molecule has 3 N–H and O–H groups in total. The Morgan fingerprint density at radius 1 is 1.22 bits per heavy atom. The average Bonchev–Trinajstić information content (AvgIpc) is 3.00. The summed E-state index contributed by atoms with van der Waals surface area (Å²) in [4.78, 5) is 12.2. The third kappa shape index (κ3) is 4.16. The molecule has 0 fully saturated rings. The van der Waals surface area contributed by atoms with Gasteiger partial charge in [-0.05, 0) is 23.3 Å². The number of hydrogen-bond donors (Lipinski definition) is 2. The van der Waals surface area contributed by atoms with E-state index in [1.54, 1.807) is 0 Å². The number of nitrogen functional groups attached to an aromatic ring is 1. The number of amides is 1. The van der Waals surface area contributed by atoms with Gasteiger partial charge in [0.15, 0.2) is 0 Å². The number of hydrogen-bond acceptors (Lipinski definition) is 5. The van der Waals surface area contributed by atoms with E-state index in [0.29, 0.717) is 4.68 Å². The number of nitrogens with one attached hydrogen (secondary N) is 1. The number of alkyl halides is 3. The molecule has 0 aliphatic carbocycles. The number of halogens is 3. The molecule has 1 heterocycles. The number of carbonyl (C=O) groups excluding carboxylic acids is 1. The third-order valence-electron chi connectivity index (χ3n) is 3.92. The maximum atomic E-state index is 12.7. The first-order valence-corrected chi connectivity index (χ1v) is 8.93. The van der Waals surface area contributed by atoms with Gasteiger partial charge in [0.2, 0.25) is 11.1 Å². The molecule has 1 atom stereocenters. The van der Waals surface area contributed by atoms with Crippen molar-refractivity contribution in [3.05, 3.63) is 53.9 Å². The molecule has 0 aliphatic rings. The van der Waals surface area contributed by atoms with Crippen LogP contribution in [0.5, 0.6) is 0 Å². The van der Waals surface area contributed by atoms with Crippen LogP contribution in [0.3, 0.4) is 0 Å². The first kappa shape index (κ1) is 19.0. The molecule has 0 radical (unpaired) electrons. The van der Waals surface area contributed by atoms with Crippen molar-refractivity contribution in [2.24, 2.45) is 0 Å². The van der Waals surface area contributed by atoms with Gasteiger partial charge in [0, 0.05) is 0 Å². The summed E-state index contributed by atoms with van der Waals surface area (Å²) in [7, 11) is 0. The van der Waals surface area contributed by atoms with E-state index in [-0.39, 0.29) is 22.9 Å². The Hall–Kier alpha value is -2.75. The maximum Gasteiger partial charge on any atom is 0.453 e. The van der Waals surface area contributed by atoms with E-state index in [1.807, 2.05) is 49.4 Å². The molecule has 10 heteroatoms. The third-order valence-corrected chi connectivity index (χ3v) is 4.86. The molecular weight excluding hydrogens is 379 g/mol. The topological polar surface area (TPSA) is 85.8 Å². The molecule has 6 nitrogen and oxygen atoms in total. The quantitative estimate of drug-likeness (QED) is 0.512. The van der Waals surface area contributed by atoms with E-state index < -0.39 is 12.0 Å². The van der Waals surface area contributed by atoms with Gasteiger partial charge in [-0.3, -0.25) is 4.79 Å². The molecule has 0 saturated carbocycles. The summed E-state index contributed by atoms with van der Waals surface area (Å²) >= 11 is 0.785. The first-order chi connectivity index (χ1) is 12.8. The highest BCUT2D eigenvalue weighted by Crippen LogP contribution is 2.29. The van der Waals surface area contributed by atoms with Gasteiger partial charge in [0.05, 0.1) is 11.8 Å². The predicted molar refractivity (Wildman–Crippen MR) is 96.4 cm³/mol. The van der Waals surface area contributed by atoms with E-state index in [4.69, 9.17) is 5.84 Å². The molecule has 0 saturated heterocycles. The van der Waals surface area contributed by atoms with Gasteiger partial charge >= 0.3 is 6.18 Å². The van der Waals surface area contributed by atoms with Gasteiger partial charge in [-0.1, -0.05) is 54.2 Å². The zero-order valence-corrected chi connectivity index (χ0v) is 15.0. The van der Waals surface area contributed by atoms with Crippen LogP contribution in [0.4, 0.5) is 13.2 Å². The van der Waals surface area contributed by atoms with Crippen molar-refractivity contribution in [2.75, 3.05) is 11.6 Å². The lowest BCUT2D eigenvalue weighted by atomic mass is 10.00. The molecule has 1 amide bonds. The van der Waals surface area contributed by atoms with Crippen LogP contribution in [-0.2, 0) is 11.0 Å². The van der Waals surface area contributed by atoms with Crippen LogP contribution >= 0.6 is 11.8 Å². The highest BCUT2D eigenvalue weighted by atomic mass is 32.2. The molecule has 3 aromatic rings. The largest absolute Gasteiger partial charge is 0.453 e. The summed E-state index contributed by atoms with van der Waals surface area (Å²) in [5.74, 6) is 3.55. The molecular formula is C17H16F3N5OS. The van der Waals surface area contributed by atoms with Gasteiger partial charge in [0.25, 0.3) is 5.82 Å². The molecule has 0 aliphatic heterocycles. The predicted octanol–water partition coefficient (Wildman–Crippen LogP) is 3.13. The number of nitrogens with zero attached hydrogens (tertiary/aromatic N) is 3. The van der Waals surface area contributed by atoms with Crippen molar-refractivity contribution in [3.8, 4) is 0 Å². The Morgan fingerprint density at radius 2 is 1.93 bits per heavy atom. The SMILES string of the molecule is C[C@@H](NC(=O)CSc1nnc(C(F)(F)F)n1N)c1cccc2ccccc12. The number of aromatic nitrogens is 3. The molecule has 2 aromatic carbocycles. The van der Waals surface area contributed by atoms with Crippen molar-refractivity contribution in [3.63, 3.8) is 0 Å². The van der Waals surface area contributed by atoms with Crippen LogP contribution in [-0.4, -0.2) is 26.5 Å². The number of fused-ring (bicyclic) bond motifs is 1. The number of nitrogens with two attached hydrogens (primary N) is 1. The fraction of sp³-hybridized carbons (Fsp3) is 0.235. The molecule has 1 aromatic heterocycles. The Kier molecular flexibility index (Phi) is 5.26. The molecule has 3 rings (SSSR count). The van der Waals surface area contributed by atoms with Gasteiger partial charge in [0.1, 0.15) is 0 Å². The summed E-state index contributed by atoms with van der Waals surface area (Å²) in [6, 6.07) is 13.3. The van der Waals surface area contributed by atoms with Gasteiger partial charge in [-0.2, -0.15) is 13.2 Å². The monoisotopic (exact) mass is 395 g/mol. The second-order valence-electron chi connectivity index (χ2n) is 5.82. The summed E-state index contributed by atoms with van der Waals surface area (Å²) < 4.78 is 38.3. The number of rotatable bonds is 5. The Balaban J connectivity index is 1.65. The number of thioether (sulfide) groups is 1. The summed E-state index contributed by atoms with van der Waals surface area (Å²) in [5.41, 5.74) is 0.952. The van der Waals surface area contributed by atoms with Crippen molar-refractivity contribution < 1.29 is 18.0 Å². The fourth-order valence-electron chi connectivity index (χ4n) is 2.69. The van der Waals surface area contributed by atoms with Crippen LogP contribution < -0.4 is 11.2 Å². The van der Waals surface area contributed by atoms with E-state index >= 15 is 0 Å². The van der Waals surface area contributed by atoms with Gasteiger partial charge in [-0.25, -0.2) is 4.68 Å². The minimum absolute atomic E-state index is 0.137. The summed E-state index contributed by atoms with van der Waals surface area (Å²) in [5, 5.41) is 11.1. The van der Waals surface area contributed by atoms with Crippen molar-refractivity contribution in [2.45, 2.75) is 24.3 Å². The Morgan fingerprint density at radius 3 is 2.63 bits per heavy atom. The van der Waals surface area contributed by atoms with Crippen LogP contribution in [0, 0.1) is 0 Å². The normalized spacial score (nSPS) is 12.9. The summed E-state index contributed by atoms with van der Waals surface area (Å²) in [6.45, 7) is 1.84. The van der Waals surface area contributed by atoms with E-state index in [9.17, 15) is 18.0 Å². The zero-order valence-electron chi connectivity index (χ0n) is 14.2. The van der Waals surface area contributed by atoms with E-state index in [0.717, 1.165) is 28.1 Å². The Bertz CT molecular complexity index is 967. The fourth-order valence-corrected chi connectivity index (χ4v) is 3.36. The van der Waals surface area contributed by atoms with Crippen LogP contribution in [0.15, 0.2) is 47.6 Å². The maximum absolute atomic E-state index is 12.7. The minimum Gasteiger partial charge on any atom is -0.349 e. The first-order valence-electron chi connectivity index (χ1n) is 7.95. The van der Waals surface area contributed by atoms with Gasteiger partial charge < -0.3 is 11.2 Å². The number of carbonyl (C=O) groups is 1. The second-order valence-corrected chi connectivity index (χ2v) is 6.76. The Labute approximate surface area is 156 Å². The lowest BCUT2D eigenvalue weighted by Gasteiger charge is -2.16. The highest BCUT2D eigenvalue weighted by molar-refractivity contribution is 7.99. The van der Waals surface area contributed by atoms with Gasteiger partial charge in [-0.15, -0.1) is 10.2 Å². The molecule has 142 valence electrons. The van der Waals surface area contributed by atoms with E-state index in [2.05, 4.69) is 15.5 Å². The van der Waals surface area contributed by atoms with E-state index in [1.165, 1.54) is 0 Å². The van der Waals surface area contributed by atoms with Crippen LogP contribution in [0.25, 0.3) is 10.8 Å². The minimum atomic E-state index is -4.70. The molecule has 0 unspecified atom stereocenters. The number of benzene rings is 2. The zero-order chi connectivity index (χ0) is 19.6. The van der Waals surface area contributed by atoms with Crippen molar-refractivity contribution >= 4 is 28.4 Å². The molecule has 0 bridgehead atoms. The average molecular weight is 395 g/mol. The summed E-state index contributed by atoms with van der Waals surface area (Å²) in [6.07, 6.45) is -4.70. The molecule has 0 spiro atoms. The molecule has 27 heavy (non-hydrogen) atoms. The standard InChI is InChI=1S/C17H16F3N5OS/c1-10(12-8-4-6-11-5-2-3-7-13(11)12)22-14(26)9-27-16-24-23-15(25(16)21)17(18,19)20/h2-8,10H,9,21H2,1H3,(H,22,26)/t10-/m1/s1. The lowest BCUT2D eigenvalue weighted by Crippen LogP contribution is -2.28. The van der Waals surface area contributed by atoms with Crippen molar-refractivity contribution in [1.82, 2.24) is 20.2 Å². The van der Waals surface area contributed by atoms with Crippen molar-refractivity contribution in [1.29, 1.82) is 0 Å². The highest BCUT2D eigenvalue weighted by Gasteiger charge is 2.38. The lowest BCUT2D eigenvalue weighted by molar-refractivity contribution is -0.146. The smallest absolute Gasteiger partial charge is 0.349 e. The van der Waals surface area contributed by atoms with Crippen LogP contribution in [0.1, 0.15) is 24.4 Å². The van der Waals surface area contributed by atoms with Crippen LogP contribution in [0.2, 0.25) is 0 Å². The second kappa shape index (κ2) is 7.47.